The van der Waals surface area contributed by atoms with Gasteiger partial charge in [0.25, 0.3) is 11.8 Å². The number of tetrazole rings is 1. The molecule has 2 aromatic rings. The van der Waals surface area contributed by atoms with Gasteiger partial charge < -0.3 is 21.0 Å². The predicted octanol–water partition coefficient (Wildman–Crippen LogP) is 1.26. The molecule has 17 heteroatoms. The number of hydrogen-bond acceptors (Lipinski definition) is 13. The molecule has 14 nitrogen and oxygen atoms in total. The zero-order chi connectivity index (χ0) is 28.2. The van der Waals surface area contributed by atoms with Crippen LogP contribution in [0.5, 0.6) is 0 Å². The number of nitrogens with two attached hydrogens (primary N) is 1. The molecule has 0 radical (unpaired) electrons. The van der Waals surface area contributed by atoms with E-state index in [4.69, 9.17) is 10.6 Å². The number of nitrogen functional groups attached to an aromatic ring is 1. The summed E-state index contributed by atoms with van der Waals surface area (Å²) in [6.45, 7) is 4.08. The van der Waals surface area contributed by atoms with Gasteiger partial charge in [-0.3, -0.25) is 14.5 Å². The molecule has 0 bridgehead atoms. The first-order valence-electron chi connectivity index (χ1n) is 12.2. The number of β-lactam (4-membered cyclic amide) rings is 1. The molecule has 4 N–H and O–H groups in total. The fourth-order valence-corrected chi connectivity index (χ4v) is 7.20. The molecule has 4 heterocycles. The van der Waals surface area contributed by atoms with Crippen molar-refractivity contribution < 1.29 is 24.3 Å². The quantitative estimate of drug-likeness (QED) is 0.110. The van der Waals surface area contributed by atoms with Crippen molar-refractivity contribution in [3.8, 4) is 0 Å². The summed E-state index contributed by atoms with van der Waals surface area (Å²) in [6, 6.07) is -0.947. The number of aromatic nitrogens is 5. The highest BCUT2D eigenvalue weighted by Gasteiger charge is 2.54. The van der Waals surface area contributed by atoms with Gasteiger partial charge in [0.15, 0.2) is 10.8 Å². The van der Waals surface area contributed by atoms with Crippen molar-refractivity contribution in [1.29, 1.82) is 0 Å². The maximum atomic E-state index is 13.3. The topological polar surface area (TPSA) is 191 Å². The molecule has 1 saturated heterocycles. The fourth-order valence-electron chi connectivity index (χ4n) is 4.28. The molecule has 1 aliphatic carbocycles. The van der Waals surface area contributed by atoms with Crippen LogP contribution in [-0.4, -0.2) is 87.7 Å². The number of nitrogens with one attached hydrogen (secondary N) is 1. The Morgan fingerprint density at radius 3 is 2.98 bits per heavy atom. The Morgan fingerprint density at radius 1 is 1.43 bits per heavy atom. The number of allylic oxidation sites excluding steroid dienone is 2. The van der Waals surface area contributed by atoms with Crippen LogP contribution in [0, 0.1) is 0 Å². The molecule has 40 heavy (non-hydrogen) atoms. The van der Waals surface area contributed by atoms with Crippen LogP contribution in [0.3, 0.4) is 0 Å². The lowest BCUT2D eigenvalue weighted by molar-refractivity contribution is -0.150. The number of nitrogens with zero attached hydrogens (tertiary/aromatic N) is 7. The van der Waals surface area contributed by atoms with E-state index in [1.54, 1.807) is 16.1 Å². The van der Waals surface area contributed by atoms with Crippen LogP contribution in [-0.2, 0) is 25.8 Å². The third kappa shape index (κ3) is 5.75. The lowest BCUT2D eigenvalue weighted by atomic mass is 10.0. The minimum atomic E-state index is -1.22. The molecule has 2 unspecified atom stereocenters. The van der Waals surface area contributed by atoms with Gasteiger partial charge >= 0.3 is 5.97 Å². The van der Waals surface area contributed by atoms with E-state index in [-0.39, 0.29) is 34.1 Å². The molecule has 0 spiro atoms. The molecular weight excluding hydrogens is 579 g/mol. The van der Waals surface area contributed by atoms with Crippen LogP contribution in [0.15, 0.2) is 51.8 Å². The lowest BCUT2D eigenvalue weighted by Gasteiger charge is -2.49. The van der Waals surface area contributed by atoms with Gasteiger partial charge in [-0.15, -0.1) is 34.8 Å². The monoisotopic (exact) mass is 603 g/mol. The van der Waals surface area contributed by atoms with Crippen molar-refractivity contribution in [2.45, 2.75) is 48.5 Å². The zero-order valence-corrected chi connectivity index (χ0v) is 23.5. The minimum absolute atomic E-state index is 0.0944. The van der Waals surface area contributed by atoms with Gasteiger partial charge in [-0.25, -0.2) is 14.5 Å². The van der Waals surface area contributed by atoms with Crippen LogP contribution in [0.2, 0.25) is 0 Å². The number of anilines is 1. The number of amides is 2. The molecule has 1 fully saturated rings. The smallest absolute Gasteiger partial charge is 0.352 e. The number of carboxylic acid groups (broad SMARTS) is 1. The number of hydrogen-bond donors (Lipinski definition) is 3. The number of aliphatic carboxylic acids is 1. The number of carbonyl (C=O) groups excluding carboxylic acids is 2. The number of carbonyl (C=O) groups is 3. The second-order valence-corrected chi connectivity index (χ2v) is 11.8. The van der Waals surface area contributed by atoms with Crippen LogP contribution in [0.1, 0.15) is 25.0 Å². The van der Waals surface area contributed by atoms with E-state index in [1.807, 2.05) is 12.2 Å². The standard InChI is InChI=1S/C23H25N9O5S3/c1-2-8-31-23(27-29-30-31)40-10-12-9-38-20-16(19(34)32(20)17(12)21(35)36)26-18(33)15(14-11-39-22(24)25-14)28-37-13-6-4-3-5-7-13/h2,4,6,11,13,16,20H,1,3,5,7-10H2,(H2,24,25)(H,26,33)(H,35,36)/t13?,16?,20-/m0/s1. The van der Waals surface area contributed by atoms with Crippen molar-refractivity contribution >= 4 is 63.5 Å². The van der Waals surface area contributed by atoms with E-state index in [0.717, 1.165) is 30.6 Å². The molecule has 3 atom stereocenters. The highest BCUT2D eigenvalue weighted by Crippen LogP contribution is 2.41. The molecule has 2 aromatic heterocycles. The van der Waals surface area contributed by atoms with Gasteiger partial charge in [0.05, 0.1) is 6.54 Å². The molecule has 2 aliphatic heterocycles. The van der Waals surface area contributed by atoms with Crippen LogP contribution in [0.4, 0.5) is 5.13 Å². The number of thioether (sulfide) groups is 2. The molecule has 3 aliphatic rings. The van der Waals surface area contributed by atoms with E-state index >= 15 is 0 Å². The first-order chi connectivity index (χ1) is 19.4. The molecular formula is C23H25N9O5S3. The number of carboxylic acids is 1. The molecule has 0 saturated carbocycles. The molecule has 5 rings (SSSR count). The first-order valence-corrected chi connectivity index (χ1v) is 15.1. The Morgan fingerprint density at radius 2 is 2.27 bits per heavy atom. The Balaban J connectivity index is 1.30. The van der Waals surface area contributed by atoms with Gasteiger partial charge in [0, 0.05) is 16.9 Å². The summed E-state index contributed by atoms with van der Waals surface area (Å²) >= 11 is 3.78. The fraction of sp³-hybridized carbons (Fsp3) is 0.391. The summed E-state index contributed by atoms with van der Waals surface area (Å²) in [4.78, 5) is 49.6. The summed E-state index contributed by atoms with van der Waals surface area (Å²) in [7, 11) is 0. The van der Waals surface area contributed by atoms with Crippen molar-refractivity contribution in [2.75, 3.05) is 17.2 Å². The van der Waals surface area contributed by atoms with Crippen LogP contribution >= 0.6 is 34.9 Å². The normalized spacial score (nSPS) is 22.5. The number of fused-ring (bicyclic) bond motifs is 1. The van der Waals surface area contributed by atoms with Gasteiger partial charge in [-0.2, -0.15) is 0 Å². The average molecular weight is 604 g/mol. The van der Waals surface area contributed by atoms with E-state index in [0.29, 0.717) is 23.0 Å². The van der Waals surface area contributed by atoms with Crippen molar-refractivity contribution in [3.63, 3.8) is 0 Å². The van der Waals surface area contributed by atoms with Crippen molar-refractivity contribution in [3.05, 3.63) is 47.2 Å². The van der Waals surface area contributed by atoms with Crippen molar-refractivity contribution in [2.24, 2.45) is 5.16 Å². The minimum Gasteiger partial charge on any atom is -0.477 e. The highest BCUT2D eigenvalue weighted by molar-refractivity contribution is 8.01. The van der Waals surface area contributed by atoms with Gasteiger partial charge in [0.1, 0.15) is 28.9 Å². The first kappa shape index (κ1) is 27.9. The van der Waals surface area contributed by atoms with Crippen molar-refractivity contribution in [1.82, 2.24) is 35.4 Å². The largest absolute Gasteiger partial charge is 0.477 e. The van der Waals surface area contributed by atoms with Gasteiger partial charge in [0.2, 0.25) is 5.16 Å². The maximum Gasteiger partial charge on any atom is 0.352 e. The number of thiazole rings is 1. The van der Waals surface area contributed by atoms with E-state index < -0.39 is 29.2 Å². The van der Waals surface area contributed by atoms with Crippen LogP contribution in [0.25, 0.3) is 0 Å². The van der Waals surface area contributed by atoms with E-state index in [2.05, 4.69) is 37.6 Å². The van der Waals surface area contributed by atoms with E-state index in [9.17, 15) is 19.5 Å². The second-order valence-electron chi connectivity index (χ2n) is 8.85. The summed E-state index contributed by atoms with van der Waals surface area (Å²) in [5.74, 6) is -1.80. The highest BCUT2D eigenvalue weighted by atomic mass is 32.2. The number of rotatable bonds is 11. The Kier molecular flexibility index (Phi) is 8.51. The SMILES string of the molecule is C=CCn1nnnc1SCC1=C(C(=O)O)N2C(=O)C(NC(=O)C(=NOC3C=CCCC3)c3csc(N)n3)[C@@H]2SC1. The average Bonchev–Trinajstić information content (AvgIpc) is 3.59. The van der Waals surface area contributed by atoms with Gasteiger partial charge in [-0.1, -0.05) is 29.1 Å². The number of oxime groups is 1. The lowest BCUT2D eigenvalue weighted by Crippen LogP contribution is -2.71. The molecule has 210 valence electrons. The second kappa shape index (κ2) is 12.2. The molecule has 0 aromatic carbocycles. The summed E-state index contributed by atoms with van der Waals surface area (Å²) in [5, 5.41) is 30.0. The summed E-state index contributed by atoms with van der Waals surface area (Å²) in [6.07, 6.45) is 7.92. The Labute approximate surface area is 240 Å². The maximum absolute atomic E-state index is 13.3. The third-order valence-corrected chi connectivity index (χ3v) is 9.24. The van der Waals surface area contributed by atoms with Crippen LogP contribution < -0.4 is 11.1 Å². The Bertz CT molecular complexity index is 1420. The third-order valence-electron chi connectivity index (χ3n) is 6.18. The van der Waals surface area contributed by atoms with E-state index in [1.165, 1.54) is 28.4 Å². The summed E-state index contributed by atoms with van der Waals surface area (Å²) < 4.78 is 1.54. The molecule has 2 amide bonds. The van der Waals surface area contributed by atoms with Gasteiger partial charge in [-0.05, 0) is 41.3 Å². The summed E-state index contributed by atoms with van der Waals surface area (Å²) in [5.41, 5.74) is 6.34. The zero-order valence-electron chi connectivity index (χ0n) is 21.0. The predicted molar refractivity (Wildman–Crippen MR) is 149 cm³/mol. The Hall–Kier alpha value is -3.70.